The Labute approximate surface area is 269 Å². The molecule has 0 unspecified atom stereocenters. The van der Waals surface area contributed by atoms with Crippen molar-refractivity contribution in [2.24, 2.45) is 0 Å². The molecule has 0 bridgehead atoms. The highest BCUT2D eigenvalue weighted by molar-refractivity contribution is 7.03. The third-order valence-electron chi connectivity index (χ3n) is 9.58. The Morgan fingerprint density at radius 1 is 0.500 bits per heavy atom. The second-order valence-electron chi connectivity index (χ2n) is 12.7. The minimum absolute atomic E-state index is 0.795. The van der Waals surface area contributed by atoms with Crippen molar-refractivity contribution in [2.45, 2.75) is 13.1 Å². The van der Waals surface area contributed by atoms with Gasteiger partial charge in [-0.1, -0.05) is 134 Å². The quantitative estimate of drug-likeness (QED) is 0.187. The van der Waals surface area contributed by atoms with Crippen molar-refractivity contribution in [2.75, 3.05) is 0 Å². The summed E-state index contributed by atoms with van der Waals surface area (Å²) in [6.45, 7) is 4.84. The Bertz CT molecular complexity index is 2430. The Hall–Kier alpha value is -5.58. The molecule has 46 heavy (non-hydrogen) atoms. The van der Waals surface area contributed by atoms with Crippen LogP contribution >= 0.6 is 0 Å². The highest BCUT2D eigenvalue weighted by Crippen LogP contribution is 2.39. The number of fused-ring (bicyclic) bond motifs is 6. The van der Waals surface area contributed by atoms with E-state index in [4.69, 9.17) is 9.97 Å². The number of nitrogens with zero attached hydrogens (tertiary/aromatic N) is 3. The lowest BCUT2D eigenvalue weighted by Gasteiger charge is -2.19. The van der Waals surface area contributed by atoms with Crippen LogP contribution in [0.4, 0.5) is 0 Å². The fourth-order valence-corrected chi connectivity index (χ4v) is 10.2. The van der Waals surface area contributed by atoms with E-state index in [9.17, 15) is 0 Å². The predicted molar refractivity (Wildman–Crippen MR) is 195 cm³/mol. The van der Waals surface area contributed by atoms with Gasteiger partial charge >= 0.3 is 0 Å². The van der Waals surface area contributed by atoms with Crippen LogP contribution in [0.1, 0.15) is 0 Å². The summed E-state index contributed by atoms with van der Waals surface area (Å²) < 4.78 is 2.38. The van der Waals surface area contributed by atoms with Crippen molar-refractivity contribution in [3.63, 3.8) is 0 Å². The third-order valence-corrected chi connectivity index (χ3v) is 12.9. The molecule has 3 nitrogen and oxygen atoms in total. The minimum atomic E-state index is -2.03. The molecule has 2 aromatic heterocycles. The van der Waals surface area contributed by atoms with Crippen molar-refractivity contribution in [3.05, 3.63) is 152 Å². The van der Waals surface area contributed by atoms with E-state index in [0.29, 0.717) is 0 Å². The standard InChI is InChI=1S/C42H31N3Si/c1-46(2)38-20-12-10-18-34(38)39-40(43-41(44-42(39)46)30-15-7-4-8-16-30)31-23-26-37-35(27-31)33-17-9-11-19-36(33)45(37)32-24-21-29(22-25-32)28-13-5-3-6-14-28/h3-27H,1-2H3. The van der Waals surface area contributed by atoms with E-state index in [1.807, 2.05) is 6.07 Å². The average Bonchev–Trinajstić information content (AvgIpc) is 3.57. The van der Waals surface area contributed by atoms with Gasteiger partial charge in [-0.3, -0.25) is 0 Å². The summed E-state index contributed by atoms with van der Waals surface area (Å²) in [4.78, 5) is 10.7. The molecule has 0 amide bonds. The maximum absolute atomic E-state index is 5.34. The smallest absolute Gasteiger partial charge is 0.159 e. The SMILES string of the molecule is C[Si]1(C)c2ccccc2-c2c(-c3ccc4c(c3)c3ccccc3n4-c3ccc(-c4ccccc4)cc3)nc(-c3ccccc3)nc21. The number of benzene rings is 6. The molecule has 3 heterocycles. The first-order valence-electron chi connectivity index (χ1n) is 15.9. The van der Waals surface area contributed by atoms with Gasteiger partial charge in [0.1, 0.15) is 8.07 Å². The molecule has 1 aliphatic heterocycles. The van der Waals surface area contributed by atoms with Crippen LogP contribution in [0.5, 0.6) is 0 Å². The molecule has 0 radical (unpaired) electrons. The second kappa shape index (κ2) is 10.2. The average molecular weight is 606 g/mol. The number of rotatable bonds is 4. The van der Waals surface area contributed by atoms with Crippen LogP contribution in [-0.4, -0.2) is 22.6 Å². The van der Waals surface area contributed by atoms with Gasteiger partial charge in [0.15, 0.2) is 5.82 Å². The van der Waals surface area contributed by atoms with Crippen LogP contribution in [0.15, 0.2) is 152 Å². The monoisotopic (exact) mass is 605 g/mol. The van der Waals surface area contributed by atoms with Gasteiger partial charge in [0.25, 0.3) is 0 Å². The highest BCUT2D eigenvalue weighted by atomic mass is 28.3. The molecule has 0 aliphatic carbocycles. The molecule has 6 aromatic carbocycles. The molecule has 8 aromatic rings. The maximum Gasteiger partial charge on any atom is 0.159 e. The van der Waals surface area contributed by atoms with Gasteiger partial charge in [-0.2, -0.15) is 0 Å². The lowest BCUT2D eigenvalue weighted by atomic mass is 9.99. The van der Waals surface area contributed by atoms with Crippen LogP contribution in [0.25, 0.3) is 72.4 Å². The summed E-state index contributed by atoms with van der Waals surface area (Å²) in [5.41, 5.74) is 11.6. The molecule has 0 saturated heterocycles. The summed E-state index contributed by atoms with van der Waals surface area (Å²) in [5, 5.41) is 5.10. The topological polar surface area (TPSA) is 30.7 Å². The third kappa shape index (κ3) is 4.04. The first kappa shape index (κ1) is 26.8. The Kier molecular flexibility index (Phi) is 5.96. The largest absolute Gasteiger partial charge is 0.309 e. The molecular formula is C42H31N3Si. The zero-order chi connectivity index (χ0) is 30.8. The predicted octanol–water partition coefficient (Wildman–Crippen LogP) is 9.38. The van der Waals surface area contributed by atoms with Crippen molar-refractivity contribution >= 4 is 40.4 Å². The fraction of sp³-hybridized carbons (Fsp3) is 0.0476. The van der Waals surface area contributed by atoms with E-state index in [-0.39, 0.29) is 0 Å². The molecule has 0 fully saturated rings. The van der Waals surface area contributed by atoms with Crippen LogP contribution in [0, 0.1) is 0 Å². The summed E-state index contributed by atoms with van der Waals surface area (Å²) >= 11 is 0. The summed E-state index contributed by atoms with van der Waals surface area (Å²) in [7, 11) is -2.03. The zero-order valence-corrected chi connectivity index (χ0v) is 26.8. The molecule has 0 saturated carbocycles. The summed E-state index contributed by atoms with van der Waals surface area (Å²) in [5.74, 6) is 0.795. The van der Waals surface area contributed by atoms with Gasteiger partial charge in [0.05, 0.1) is 16.7 Å². The van der Waals surface area contributed by atoms with Gasteiger partial charge in [0, 0.05) is 38.5 Å². The lowest BCUT2D eigenvalue weighted by Crippen LogP contribution is -2.50. The minimum Gasteiger partial charge on any atom is -0.309 e. The highest BCUT2D eigenvalue weighted by Gasteiger charge is 2.41. The van der Waals surface area contributed by atoms with E-state index in [0.717, 1.165) is 28.3 Å². The zero-order valence-electron chi connectivity index (χ0n) is 25.8. The molecule has 0 N–H and O–H groups in total. The number of hydrogen-bond donors (Lipinski definition) is 0. The molecule has 0 atom stereocenters. The van der Waals surface area contributed by atoms with Crippen LogP contribution in [0.2, 0.25) is 13.1 Å². The number of aromatic nitrogens is 3. The van der Waals surface area contributed by atoms with Gasteiger partial charge in [-0.15, -0.1) is 0 Å². The van der Waals surface area contributed by atoms with Crippen LogP contribution < -0.4 is 10.5 Å². The number of hydrogen-bond acceptors (Lipinski definition) is 2. The van der Waals surface area contributed by atoms with Crippen molar-refractivity contribution in [3.8, 4) is 50.6 Å². The van der Waals surface area contributed by atoms with Crippen molar-refractivity contribution < 1.29 is 0 Å². The molecular weight excluding hydrogens is 575 g/mol. The Morgan fingerprint density at radius 3 is 1.89 bits per heavy atom. The van der Waals surface area contributed by atoms with E-state index < -0.39 is 8.07 Å². The summed E-state index contributed by atoms with van der Waals surface area (Å²) in [6.07, 6.45) is 0. The van der Waals surface area contributed by atoms with E-state index in [1.54, 1.807) is 0 Å². The summed E-state index contributed by atoms with van der Waals surface area (Å²) in [6, 6.07) is 54.3. The molecule has 1 aliphatic rings. The van der Waals surface area contributed by atoms with Crippen LogP contribution in [-0.2, 0) is 0 Å². The van der Waals surface area contributed by atoms with E-state index in [1.165, 1.54) is 54.6 Å². The first-order valence-corrected chi connectivity index (χ1v) is 18.9. The molecule has 4 heteroatoms. The molecule has 218 valence electrons. The first-order chi connectivity index (χ1) is 22.6. The van der Waals surface area contributed by atoms with E-state index in [2.05, 4.69) is 163 Å². The van der Waals surface area contributed by atoms with Crippen molar-refractivity contribution in [1.29, 1.82) is 0 Å². The molecule has 0 spiro atoms. The normalized spacial score (nSPS) is 13.2. The van der Waals surface area contributed by atoms with Gasteiger partial charge in [0.2, 0.25) is 0 Å². The molecule has 9 rings (SSSR count). The van der Waals surface area contributed by atoms with Gasteiger partial charge in [-0.05, 0) is 52.2 Å². The Morgan fingerprint density at radius 2 is 1.11 bits per heavy atom. The lowest BCUT2D eigenvalue weighted by molar-refractivity contribution is 1.18. The van der Waals surface area contributed by atoms with Crippen LogP contribution in [0.3, 0.4) is 0 Å². The second-order valence-corrected chi connectivity index (χ2v) is 16.9. The number of para-hydroxylation sites is 1. The van der Waals surface area contributed by atoms with Gasteiger partial charge in [-0.25, -0.2) is 9.97 Å². The van der Waals surface area contributed by atoms with Crippen molar-refractivity contribution in [1.82, 2.24) is 14.5 Å². The fourth-order valence-electron chi connectivity index (χ4n) is 7.30. The van der Waals surface area contributed by atoms with E-state index >= 15 is 0 Å². The Balaban J connectivity index is 1.27. The van der Waals surface area contributed by atoms with Gasteiger partial charge < -0.3 is 4.57 Å². The maximum atomic E-state index is 5.34.